The molecule has 0 aliphatic carbocycles. The van der Waals surface area contributed by atoms with E-state index in [9.17, 15) is 14.4 Å². The molecule has 6 nitrogen and oxygen atoms in total. The summed E-state index contributed by atoms with van der Waals surface area (Å²) in [6, 6.07) is 6.58. The Labute approximate surface area is 156 Å². The zero-order chi connectivity index (χ0) is 18.2. The molecule has 0 unspecified atom stereocenters. The van der Waals surface area contributed by atoms with Gasteiger partial charge in [-0.2, -0.15) is 0 Å². The van der Waals surface area contributed by atoms with Gasteiger partial charge in [-0.1, -0.05) is 36.1 Å². The van der Waals surface area contributed by atoms with Crippen molar-refractivity contribution in [2.45, 2.75) is 19.8 Å². The molecule has 134 valence electrons. The number of hydrogen-bond donors (Lipinski definition) is 1. The molecule has 1 amide bonds. The summed E-state index contributed by atoms with van der Waals surface area (Å²) in [5.41, 5.74) is 0.986. The van der Waals surface area contributed by atoms with Gasteiger partial charge in [0.25, 0.3) is 5.91 Å². The molecule has 1 aliphatic rings. The fourth-order valence-corrected chi connectivity index (χ4v) is 3.36. The van der Waals surface area contributed by atoms with Crippen LogP contribution in [-0.2, 0) is 14.3 Å². The number of benzene rings is 1. The molecule has 8 heteroatoms. The first kappa shape index (κ1) is 19.4. The van der Waals surface area contributed by atoms with Gasteiger partial charge in [0.1, 0.15) is 4.32 Å². The highest BCUT2D eigenvalue weighted by Gasteiger charge is 2.17. The van der Waals surface area contributed by atoms with Crippen LogP contribution in [0.4, 0.5) is 5.69 Å². The van der Waals surface area contributed by atoms with E-state index in [-0.39, 0.29) is 18.1 Å². The highest BCUT2D eigenvalue weighted by molar-refractivity contribution is 8.23. The third-order valence-corrected chi connectivity index (χ3v) is 5.09. The number of thioether (sulfide) groups is 1. The zero-order valence-corrected chi connectivity index (χ0v) is 15.6. The van der Waals surface area contributed by atoms with E-state index in [1.165, 1.54) is 18.7 Å². The predicted molar refractivity (Wildman–Crippen MR) is 102 cm³/mol. The number of carbonyl (C=O) groups excluding carboxylic acids is 3. The van der Waals surface area contributed by atoms with Crippen LogP contribution in [0.25, 0.3) is 0 Å². The molecule has 0 radical (unpaired) electrons. The van der Waals surface area contributed by atoms with Gasteiger partial charge in [0, 0.05) is 24.3 Å². The highest BCUT2D eigenvalue weighted by atomic mass is 32.2. The fourth-order valence-electron chi connectivity index (χ4n) is 2.31. The third kappa shape index (κ3) is 6.47. The second kappa shape index (κ2) is 9.53. The molecule has 0 atom stereocenters. The number of amides is 1. The number of anilines is 1. The Kier molecular flexibility index (Phi) is 7.39. The van der Waals surface area contributed by atoms with Crippen LogP contribution >= 0.6 is 24.0 Å². The number of carbonyl (C=O) groups is 3. The Balaban J connectivity index is 1.70. The summed E-state index contributed by atoms with van der Waals surface area (Å²) in [7, 11) is 0. The van der Waals surface area contributed by atoms with Crippen molar-refractivity contribution in [1.29, 1.82) is 0 Å². The maximum atomic E-state index is 11.8. The molecule has 0 bridgehead atoms. The summed E-state index contributed by atoms with van der Waals surface area (Å²) in [5.74, 6) is -0.948. The van der Waals surface area contributed by atoms with Crippen molar-refractivity contribution in [3.05, 3.63) is 29.8 Å². The molecule has 1 saturated heterocycles. The standard InChI is InChI=1S/C17H20N2O4S2/c1-12(20)13-5-4-6-14(9-13)18-15(21)10-23-16(22)11-25-17(24)19-7-2-3-8-19/h4-6,9H,2-3,7-8,10-11H2,1H3,(H,18,21). The normalized spacial score (nSPS) is 13.4. The molecule has 0 spiro atoms. The number of ketones is 1. The first-order valence-corrected chi connectivity index (χ1v) is 9.33. The van der Waals surface area contributed by atoms with Crippen molar-refractivity contribution in [1.82, 2.24) is 4.90 Å². The number of nitrogens with zero attached hydrogens (tertiary/aromatic N) is 1. The molecule has 25 heavy (non-hydrogen) atoms. The van der Waals surface area contributed by atoms with Crippen LogP contribution in [0.5, 0.6) is 0 Å². The summed E-state index contributed by atoms with van der Waals surface area (Å²) >= 11 is 6.52. The number of ether oxygens (including phenoxy) is 1. The van der Waals surface area contributed by atoms with Crippen LogP contribution < -0.4 is 5.32 Å². The minimum absolute atomic E-state index is 0.0857. The molecular formula is C17H20N2O4S2. The third-order valence-electron chi connectivity index (χ3n) is 3.59. The minimum atomic E-state index is -0.487. The minimum Gasteiger partial charge on any atom is -0.455 e. The van der Waals surface area contributed by atoms with Gasteiger partial charge in [0.2, 0.25) is 0 Å². The predicted octanol–water partition coefficient (Wildman–Crippen LogP) is 2.48. The lowest BCUT2D eigenvalue weighted by Gasteiger charge is -2.17. The first-order valence-electron chi connectivity index (χ1n) is 7.94. The molecule has 2 rings (SSSR count). The maximum absolute atomic E-state index is 11.8. The molecule has 1 heterocycles. The fraction of sp³-hybridized carbons (Fsp3) is 0.412. The quantitative estimate of drug-likeness (QED) is 0.462. The lowest BCUT2D eigenvalue weighted by molar-refractivity contribution is -0.144. The largest absolute Gasteiger partial charge is 0.455 e. The van der Waals surface area contributed by atoms with Crippen molar-refractivity contribution >= 4 is 51.6 Å². The summed E-state index contributed by atoms with van der Waals surface area (Å²) in [6.45, 7) is 2.94. The van der Waals surface area contributed by atoms with Gasteiger partial charge in [0.15, 0.2) is 12.4 Å². The van der Waals surface area contributed by atoms with E-state index in [2.05, 4.69) is 10.2 Å². The Morgan fingerprint density at radius 2 is 2.00 bits per heavy atom. The molecule has 1 aliphatic heterocycles. The van der Waals surface area contributed by atoms with E-state index in [1.54, 1.807) is 24.3 Å². The van der Waals surface area contributed by atoms with Crippen molar-refractivity contribution < 1.29 is 19.1 Å². The average molecular weight is 380 g/mol. The van der Waals surface area contributed by atoms with Crippen molar-refractivity contribution in [3.8, 4) is 0 Å². The number of Topliss-reactive ketones (excluding diaryl/α,β-unsaturated/α-hetero) is 1. The van der Waals surface area contributed by atoms with Crippen LogP contribution in [0, 0.1) is 0 Å². The zero-order valence-electron chi connectivity index (χ0n) is 13.9. The Bertz CT molecular complexity index is 672. The van der Waals surface area contributed by atoms with Crippen LogP contribution in [0.2, 0.25) is 0 Å². The van der Waals surface area contributed by atoms with Gasteiger partial charge < -0.3 is 15.0 Å². The summed E-state index contributed by atoms with van der Waals surface area (Å²) < 4.78 is 5.64. The highest BCUT2D eigenvalue weighted by Crippen LogP contribution is 2.16. The van der Waals surface area contributed by atoms with Crippen molar-refractivity contribution in [3.63, 3.8) is 0 Å². The smallest absolute Gasteiger partial charge is 0.316 e. The monoisotopic (exact) mass is 380 g/mol. The van der Waals surface area contributed by atoms with Crippen LogP contribution in [0.1, 0.15) is 30.1 Å². The number of likely N-dealkylation sites (tertiary alicyclic amines) is 1. The van der Waals surface area contributed by atoms with E-state index in [1.807, 2.05) is 0 Å². The van der Waals surface area contributed by atoms with Crippen LogP contribution in [0.3, 0.4) is 0 Å². The van der Waals surface area contributed by atoms with Gasteiger partial charge in [0.05, 0.1) is 5.75 Å². The van der Waals surface area contributed by atoms with Crippen molar-refractivity contribution in [2.24, 2.45) is 0 Å². The molecular weight excluding hydrogens is 360 g/mol. The number of hydrogen-bond acceptors (Lipinski definition) is 6. The Morgan fingerprint density at radius 3 is 2.68 bits per heavy atom. The maximum Gasteiger partial charge on any atom is 0.316 e. The Hall–Kier alpha value is -1.93. The molecule has 1 aromatic carbocycles. The summed E-state index contributed by atoms with van der Waals surface area (Å²) in [4.78, 5) is 36.9. The van der Waals surface area contributed by atoms with Gasteiger partial charge >= 0.3 is 5.97 Å². The SMILES string of the molecule is CC(=O)c1cccc(NC(=O)COC(=O)CSC(=S)N2CCCC2)c1. The topological polar surface area (TPSA) is 75.7 Å². The number of rotatable bonds is 6. The van der Waals surface area contributed by atoms with E-state index < -0.39 is 11.9 Å². The van der Waals surface area contributed by atoms with E-state index >= 15 is 0 Å². The number of thiocarbonyl (C=S) groups is 1. The molecule has 1 fully saturated rings. The van der Waals surface area contributed by atoms with Crippen LogP contribution in [0.15, 0.2) is 24.3 Å². The molecule has 1 N–H and O–H groups in total. The second-order valence-electron chi connectivity index (χ2n) is 5.59. The van der Waals surface area contributed by atoms with Gasteiger partial charge in [-0.25, -0.2) is 0 Å². The second-order valence-corrected chi connectivity index (χ2v) is 7.20. The van der Waals surface area contributed by atoms with E-state index in [0.29, 0.717) is 15.6 Å². The molecule has 0 aromatic heterocycles. The van der Waals surface area contributed by atoms with Gasteiger partial charge in [-0.05, 0) is 31.9 Å². The lowest BCUT2D eigenvalue weighted by atomic mass is 10.1. The van der Waals surface area contributed by atoms with E-state index in [0.717, 1.165) is 25.9 Å². The lowest BCUT2D eigenvalue weighted by Crippen LogP contribution is -2.25. The molecule has 0 saturated carbocycles. The first-order chi connectivity index (χ1) is 12.0. The summed E-state index contributed by atoms with van der Waals surface area (Å²) in [6.07, 6.45) is 2.24. The average Bonchev–Trinajstić information content (AvgIpc) is 3.12. The van der Waals surface area contributed by atoms with Gasteiger partial charge in [-0.15, -0.1) is 0 Å². The molecule has 1 aromatic rings. The summed E-state index contributed by atoms with van der Waals surface area (Å²) in [5, 5.41) is 2.59. The number of esters is 1. The Morgan fingerprint density at radius 1 is 1.28 bits per heavy atom. The van der Waals surface area contributed by atoms with E-state index in [4.69, 9.17) is 17.0 Å². The number of nitrogens with one attached hydrogen (secondary N) is 1. The van der Waals surface area contributed by atoms with Crippen molar-refractivity contribution in [2.75, 3.05) is 30.8 Å². The van der Waals surface area contributed by atoms with Crippen LogP contribution in [-0.4, -0.2) is 52.3 Å². The van der Waals surface area contributed by atoms with Gasteiger partial charge in [-0.3, -0.25) is 14.4 Å².